The second-order valence-electron chi connectivity index (χ2n) is 8.80. The number of carbonyl (C=O) groups is 2. The number of aryl methyl sites for hydroxylation is 1. The van der Waals surface area contributed by atoms with Gasteiger partial charge in [0.05, 0.1) is 36.0 Å². The highest BCUT2D eigenvalue weighted by molar-refractivity contribution is 9.10. The summed E-state index contributed by atoms with van der Waals surface area (Å²) in [5, 5.41) is 9.86. The normalized spacial score (nSPS) is 17.8. The topological polar surface area (TPSA) is 111 Å². The van der Waals surface area contributed by atoms with Crippen LogP contribution in [-0.2, 0) is 23.1 Å². The molecule has 1 fully saturated rings. The van der Waals surface area contributed by atoms with Crippen LogP contribution in [-0.4, -0.2) is 58.5 Å². The maximum atomic E-state index is 13.2. The number of nitrogens with zero attached hydrogens (tertiary/aromatic N) is 4. The number of carbonyl (C=O) groups excluding carboxylic acids is 2. The van der Waals surface area contributed by atoms with Crippen LogP contribution in [0.1, 0.15) is 33.8 Å². The number of fused-ring (bicyclic) bond motifs is 1. The SMILES string of the molecule is Cn1cc(NC(=O)[C@H](C[C@H]2CCCO2)NC(=O)c2ccc(CN3CCOc4ncc(Br)cc43)s2)cn1. The van der Waals surface area contributed by atoms with Gasteiger partial charge < -0.3 is 25.0 Å². The maximum absolute atomic E-state index is 13.2. The number of rotatable bonds is 8. The average Bonchev–Trinajstić information content (AvgIpc) is 3.62. The first-order chi connectivity index (χ1) is 17.4. The van der Waals surface area contributed by atoms with E-state index in [0.717, 1.165) is 34.4 Å². The summed E-state index contributed by atoms with van der Waals surface area (Å²) in [5.74, 6) is 0.0459. The number of hydrogen-bond acceptors (Lipinski definition) is 8. The van der Waals surface area contributed by atoms with Crippen LogP contribution in [0.3, 0.4) is 0 Å². The van der Waals surface area contributed by atoms with Gasteiger partial charge in [0.25, 0.3) is 5.91 Å². The number of halogens is 1. The first kappa shape index (κ1) is 24.7. The Bertz CT molecular complexity index is 1240. The fraction of sp³-hybridized carbons (Fsp3) is 0.417. The van der Waals surface area contributed by atoms with E-state index in [1.807, 2.05) is 12.1 Å². The number of thiophene rings is 1. The molecule has 190 valence electrons. The molecule has 0 aliphatic carbocycles. The van der Waals surface area contributed by atoms with Crippen LogP contribution in [0.4, 0.5) is 11.4 Å². The van der Waals surface area contributed by atoms with E-state index in [4.69, 9.17) is 9.47 Å². The van der Waals surface area contributed by atoms with Crippen LogP contribution < -0.4 is 20.3 Å². The van der Waals surface area contributed by atoms with Gasteiger partial charge in [-0.2, -0.15) is 5.10 Å². The minimum Gasteiger partial charge on any atom is -0.474 e. The van der Waals surface area contributed by atoms with Crippen molar-refractivity contribution in [1.82, 2.24) is 20.1 Å². The molecule has 0 saturated carbocycles. The van der Waals surface area contributed by atoms with Crippen molar-refractivity contribution in [3.05, 3.63) is 51.0 Å². The number of aromatic nitrogens is 3. The fourth-order valence-electron chi connectivity index (χ4n) is 4.33. The quantitative estimate of drug-likeness (QED) is 0.424. The highest BCUT2D eigenvalue weighted by atomic mass is 79.9. The van der Waals surface area contributed by atoms with Gasteiger partial charge in [-0.25, -0.2) is 4.98 Å². The van der Waals surface area contributed by atoms with Crippen LogP contribution in [0.15, 0.2) is 41.3 Å². The molecule has 2 aliphatic rings. The Morgan fingerprint density at radius 2 is 2.19 bits per heavy atom. The zero-order valence-electron chi connectivity index (χ0n) is 19.8. The summed E-state index contributed by atoms with van der Waals surface area (Å²) >= 11 is 4.89. The second-order valence-corrected chi connectivity index (χ2v) is 10.9. The van der Waals surface area contributed by atoms with E-state index in [1.54, 1.807) is 36.4 Å². The lowest BCUT2D eigenvalue weighted by molar-refractivity contribution is -0.118. The van der Waals surface area contributed by atoms with Crippen molar-refractivity contribution in [3.8, 4) is 5.88 Å². The molecule has 0 aromatic carbocycles. The van der Waals surface area contributed by atoms with Crippen LogP contribution in [0.2, 0.25) is 0 Å². The van der Waals surface area contributed by atoms with Crippen molar-refractivity contribution in [2.24, 2.45) is 7.05 Å². The van der Waals surface area contributed by atoms with E-state index in [1.165, 1.54) is 11.3 Å². The first-order valence-corrected chi connectivity index (χ1v) is 13.4. The molecule has 0 radical (unpaired) electrons. The third-order valence-corrected chi connectivity index (χ3v) is 7.59. The number of anilines is 2. The maximum Gasteiger partial charge on any atom is 0.262 e. The van der Waals surface area contributed by atoms with Gasteiger partial charge >= 0.3 is 0 Å². The molecule has 3 aromatic rings. The molecule has 10 nitrogen and oxygen atoms in total. The van der Waals surface area contributed by atoms with Crippen molar-refractivity contribution in [2.45, 2.75) is 38.0 Å². The van der Waals surface area contributed by atoms with Gasteiger partial charge in [-0.1, -0.05) is 0 Å². The molecule has 3 aromatic heterocycles. The van der Waals surface area contributed by atoms with Gasteiger partial charge in [-0.3, -0.25) is 14.3 Å². The lowest BCUT2D eigenvalue weighted by atomic mass is 10.1. The van der Waals surface area contributed by atoms with Crippen molar-refractivity contribution < 1.29 is 19.1 Å². The van der Waals surface area contributed by atoms with Crippen LogP contribution in [0.5, 0.6) is 5.88 Å². The molecular formula is C24H27BrN6O4S. The number of amides is 2. The largest absolute Gasteiger partial charge is 0.474 e. The van der Waals surface area contributed by atoms with Crippen molar-refractivity contribution in [2.75, 3.05) is 30.0 Å². The molecule has 0 bridgehead atoms. The second kappa shape index (κ2) is 11.0. The van der Waals surface area contributed by atoms with E-state index in [-0.39, 0.29) is 17.9 Å². The third-order valence-electron chi connectivity index (χ3n) is 6.09. The monoisotopic (exact) mass is 574 g/mol. The van der Waals surface area contributed by atoms with Crippen molar-refractivity contribution >= 4 is 50.5 Å². The van der Waals surface area contributed by atoms with E-state index < -0.39 is 6.04 Å². The Labute approximate surface area is 221 Å². The molecule has 12 heteroatoms. The molecule has 0 unspecified atom stereocenters. The van der Waals surface area contributed by atoms with Gasteiger partial charge in [0.2, 0.25) is 11.8 Å². The van der Waals surface area contributed by atoms with Gasteiger partial charge in [0.1, 0.15) is 18.3 Å². The Morgan fingerprint density at radius 3 is 2.97 bits per heavy atom. The van der Waals surface area contributed by atoms with E-state index in [9.17, 15) is 9.59 Å². The molecule has 0 spiro atoms. The minimum absolute atomic E-state index is 0.0526. The Kier molecular flexibility index (Phi) is 7.54. The summed E-state index contributed by atoms with van der Waals surface area (Å²) in [6.45, 7) is 2.59. The molecule has 2 atom stereocenters. The summed E-state index contributed by atoms with van der Waals surface area (Å²) in [6.07, 6.45) is 7.21. The zero-order chi connectivity index (χ0) is 25.1. The van der Waals surface area contributed by atoms with Gasteiger partial charge in [0, 0.05) is 41.8 Å². The summed E-state index contributed by atoms with van der Waals surface area (Å²) in [5.41, 5.74) is 1.50. The highest BCUT2D eigenvalue weighted by Crippen LogP contribution is 2.33. The highest BCUT2D eigenvalue weighted by Gasteiger charge is 2.28. The summed E-state index contributed by atoms with van der Waals surface area (Å²) in [4.78, 5) is 34.3. The predicted molar refractivity (Wildman–Crippen MR) is 139 cm³/mol. The average molecular weight is 575 g/mol. The van der Waals surface area contributed by atoms with Crippen LogP contribution >= 0.6 is 27.3 Å². The van der Waals surface area contributed by atoms with Gasteiger partial charge in [-0.05, 0) is 47.0 Å². The summed E-state index contributed by atoms with van der Waals surface area (Å²) in [7, 11) is 1.78. The third kappa shape index (κ3) is 5.88. The lowest BCUT2D eigenvalue weighted by Gasteiger charge is -2.30. The van der Waals surface area contributed by atoms with Crippen LogP contribution in [0, 0.1) is 0 Å². The standard InChI is InChI=1S/C24H27BrN6O4S/c1-30-13-16(12-27-30)28-22(32)19(10-17-3-2-7-34-17)29-23(33)21-5-4-18(36-21)14-31-6-8-35-24-20(31)9-15(25)11-26-24/h4-5,9,11-13,17,19H,2-3,6-8,10,14H2,1H3,(H,28,32)(H,29,33)/t17-,19+/m1/s1. The number of pyridine rings is 1. The Morgan fingerprint density at radius 1 is 1.31 bits per heavy atom. The molecule has 2 amide bonds. The van der Waals surface area contributed by atoms with Crippen LogP contribution in [0.25, 0.3) is 0 Å². The van der Waals surface area contributed by atoms with Crippen molar-refractivity contribution in [1.29, 1.82) is 0 Å². The van der Waals surface area contributed by atoms with Crippen molar-refractivity contribution in [3.63, 3.8) is 0 Å². The zero-order valence-corrected chi connectivity index (χ0v) is 22.2. The molecule has 2 aliphatic heterocycles. The number of hydrogen-bond donors (Lipinski definition) is 2. The molecule has 2 N–H and O–H groups in total. The first-order valence-electron chi connectivity index (χ1n) is 11.8. The molecule has 5 rings (SSSR count). The predicted octanol–water partition coefficient (Wildman–Crippen LogP) is 3.34. The Hall–Kier alpha value is -2.96. The molecule has 1 saturated heterocycles. The number of ether oxygens (including phenoxy) is 2. The smallest absolute Gasteiger partial charge is 0.262 e. The summed E-state index contributed by atoms with van der Waals surface area (Å²) in [6, 6.07) is 5.02. The number of nitrogens with one attached hydrogen (secondary N) is 2. The molecule has 5 heterocycles. The summed E-state index contributed by atoms with van der Waals surface area (Å²) < 4.78 is 13.9. The minimum atomic E-state index is -0.721. The molecular weight excluding hydrogens is 548 g/mol. The fourth-order valence-corrected chi connectivity index (χ4v) is 5.58. The lowest BCUT2D eigenvalue weighted by Crippen LogP contribution is -2.45. The van der Waals surface area contributed by atoms with E-state index in [2.05, 4.69) is 41.5 Å². The van der Waals surface area contributed by atoms with E-state index >= 15 is 0 Å². The molecule has 36 heavy (non-hydrogen) atoms. The van der Waals surface area contributed by atoms with Gasteiger partial charge in [-0.15, -0.1) is 11.3 Å². The Balaban J connectivity index is 1.26. The van der Waals surface area contributed by atoms with E-state index in [0.29, 0.717) is 42.6 Å². The van der Waals surface area contributed by atoms with Gasteiger partial charge in [0.15, 0.2) is 0 Å².